The van der Waals surface area contributed by atoms with E-state index in [1.54, 1.807) is 19.9 Å². The Morgan fingerprint density at radius 1 is 1.15 bits per heavy atom. The van der Waals surface area contributed by atoms with Crippen LogP contribution in [0.4, 0.5) is 13.2 Å². The third-order valence-corrected chi connectivity index (χ3v) is 4.90. The van der Waals surface area contributed by atoms with Crippen molar-refractivity contribution >= 4 is 5.91 Å². The van der Waals surface area contributed by atoms with Gasteiger partial charge >= 0.3 is 6.18 Å². The van der Waals surface area contributed by atoms with Gasteiger partial charge in [-0.2, -0.15) is 18.3 Å². The van der Waals surface area contributed by atoms with Gasteiger partial charge in [0, 0.05) is 24.3 Å². The van der Waals surface area contributed by atoms with Crippen LogP contribution >= 0.6 is 0 Å². The largest absolute Gasteiger partial charge is 0.416 e. The predicted molar refractivity (Wildman–Crippen MR) is 92.2 cm³/mol. The van der Waals surface area contributed by atoms with Crippen LogP contribution in [0.25, 0.3) is 5.69 Å². The van der Waals surface area contributed by atoms with Gasteiger partial charge in [0.25, 0.3) is 0 Å². The highest BCUT2D eigenvalue weighted by Crippen LogP contribution is 2.31. The molecule has 0 aliphatic carbocycles. The van der Waals surface area contributed by atoms with E-state index in [2.05, 4.69) is 5.10 Å². The van der Waals surface area contributed by atoms with E-state index in [1.807, 2.05) is 4.90 Å². The van der Waals surface area contributed by atoms with Gasteiger partial charge in [-0.1, -0.05) is 6.07 Å². The van der Waals surface area contributed by atoms with E-state index in [0.717, 1.165) is 50.0 Å². The molecule has 2 aromatic rings. The third-order valence-electron chi connectivity index (χ3n) is 4.90. The van der Waals surface area contributed by atoms with Crippen molar-refractivity contribution in [2.45, 2.75) is 45.7 Å². The Labute approximate surface area is 150 Å². The number of nitrogens with zero attached hydrogens (tertiary/aromatic N) is 3. The molecular formula is C19H22F3N3O. The van der Waals surface area contributed by atoms with Crippen molar-refractivity contribution in [2.24, 2.45) is 0 Å². The van der Waals surface area contributed by atoms with Crippen LogP contribution in [0, 0.1) is 13.8 Å². The molecule has 0 atom stereocenters. The number of amides is 1. The molecule has 0 spiro atoms. The summed E-state index contributed by atoms with van der Waals surface area (Å²) >= 11 is 0. The van der Waals surface area contributed by atoms with Gasteiger partial charge in [-0.25, -0.2) is 4.68 Å². The van der Waals surface area contributed by atoms with Gasteiger partial charge in [0.05, 0.1) is 23.4 Å². The summed E-state index contributed by atoms with van der Waals surface area (Å²) in [4.78, 5) is 14.4. The molecule has 140 valence electrons. The van der Waals surface area contributed by atoms with Crippen molar-refractivity contribution in [3.05, 3.63) is 46.8 Å². The molecule has 3 rings (SSSR count). The standard InChI is InChI=1S/C19H22F3N3O/c1-13-17(12-18(26)24-9-4-3-5-10-24)14(2)25(23-13)16-8-6-7-15(11-16)19(20,21)22/h6-8,11H,3-5,9-10,12H2,1-2H3. The minimum Gasteiger partial charge on any atom is -0.342 e. The summed E-state index contributed by atoms with van der Waals surface area (Å²) in [6.07, 6.45) is -0.981. The lowest BCUT2D eigenvalue weighted by Gasteiger charge is -2.26. The molecule has 4 nitrogen and oxygen atoms in total. The van der Waals surface area contributed by atoms with Gasteiger partial charge < -0.3 is 4.90 Å². The van der Waals surface area contributed by atoms with Crippen molar-refractivity contribution < 1.29 is 18.0 Å². The summed E-state index contributed by atoms with van der Waals surface area (Å²) in [7, 11) is 0. The lowest BCUT2D eigenvalue weighted by Crippen LogP contribution is -2.36. The van der Waals surface area contributed by atoms with Crippen LogP contribution in [0.5, 0.6) is 0 Å². The van der Waals surface area contributed by atoms with Crippen molar-refractivity contribution in [1.82, 2.24) is 14.7 Å². The average Bonchev–Trinajstić information content (AvgIpc) is 2.90. The van der Waals surface area contributed by atoms with Gasteiger partial charge in [0.1, 0.15) is 0 Å². The smallest absolute Gasteiger partial charge is 0.342 e. The molecule has 0 N–H and O–H groups in total. The number of likely N-dealkylation sites (tertiary alicyclic amines) is 1. The molecule has 26 heavy (non-hydrogen) atoms. The molecule has 1 aliphatic rings. The Hall–Kier alpha value is -2.31. The molecule has 1 aliphatic heterocycles. The van der Waals surface area contributed by atoms with Crippen LogP contribution in [-0.2, 0) is 17.4 Å². The average molecular weight is 365 g/mol. The molecule has 1 fully saturated rings. The van der Waals surface area contributed by atoms with Gasteiger partial charge in [0.2, 0.25) is 5.91 Å². The molecule has 0 radical (unpaired) electrons. The van der Waals surface area contributed by atoms with E-state index < -0.39 is 11.7 Å². The molecule has 0 unspecified atom stereocenters. The second-order valence-corrected chi connectivity index (χ2v) is 6.73. The fraction of sp³-hybridized carbons (Fsp3) is 0.474. The molecule has 0 saturated carbocycles. The summed E-state index contributed by atoms with van der Waals surface area (Å²) in [6.45, 7) is 5.13. The molecule has 0 bridgehead atoms. The Morgan fingerprint density at radius 3 is 2.50 bits per heavy atom. The normalized spacial score (nSPS) is 15.3. The zero-order valence-electron chi connectivity index (χ0n) is 14.9. The van der Waals surface area contributed by atoms with E-state index in [4.69, 9.17) is 0 Å². The molecule has 1 amide bonds. The number of carbonyl (C=O) groups is 1. The highest BCUT2D eigenvalue weighted by molar-refractivity contribution is 5.79. The van der Waals surface area contributed by atoms with Crippen molar-refractivity contribution in [1.29, 1.82) is 0 Å². The Kier molecular flexibility index (Phi) is 5.07. The minimum atomic E-state index is -4.40. The first-order valence-corrected chi connectivity index (χ1v) is 8.78. The number of aryl methyl sites for hydroxylation is 1. The van der Waals surface area contributed by atoms with Crippen LogP contribution in [0.15, 0.2) is 24.3 Å². The van der Waals surface area contributed by atoms with Gasteiger partial charge in [-0.05, 0) is 51.3 Å². The molecular weight excluding hydrogens is 343 g/mol. The Balaban J connectivity index is 1.87. The second-order valence-electron chi connectivity index (χ2n) is 6.73. The third kappa shape index (κ3) is 3.76. The van der Waals surface area contributed by atoms with Crippen LogP contribution in [0.1, 0.15) is 41.8 Å². The maximum atomic E-state index is 13.0. The number of alkyl halides is 3. The number of benzene rings is 1. The fourth-order valence-corrected chi connectivity index (χ4v) is 3.40. The highest BCUT2D eigenvalue weighted by atomic mass is 19.4. The number of piperidine rings is 1. The summed E-state index contributed by atoms with van der Waals surface area (Å²) in [5, 5.41) is 4.38. The zero-order valence-corrected chi connectivity index (χ0v) is 14.9. The van der Waals surface area contributed by atoms with Crippen LogP contribution in [0.3, 0.4) is 0 Å². The van der Waals surface area contributed by atoms with Gasteiger partial charge in [-0.15, -0.1) is 0 Å². The van der Waals surface area contributed by atoms with Crippen molar-refractivity contribution in [3.8, 4) is 5.69 Å². The highest BCUT2D eigenvalue weighted by Gasteiger charge is 2.31. The number of halogens is 3. The zero-order chi connectivity index (χ0) is 18.9. The first kappa shape index (κ1) is 18.5. The number of hydrogen-bond acceptors (Lipinski definition) is 2. The fourth-order valence-electron chi connectivity index (χ4n) is 3.40. The number of hydrogen-bond donors (Lipinski definition) is 0. The van der Waals surface area contributed by atoms with Crippen LogP contribution < -0.4 is 0 Å². The van der Waals surface area contributed by atoms with E-state index >= 15 is 0 Å². The number of rotatable bonds is 3. The summed E-state index contributed by atoms with van der Waals surface area (Å²) in [5.41, 5.74) is 1.79. The maximum Gasteiger partial charge on any atom is 0.416 e. The quantitative estimate of drug-likeness (QED) is 0.823. The van der Waals surface area contributed by atoms with Crippen molar-refractivity contribution in [3.63, 3.8) is 0 Å². The minimum absolute atomic E-state index is 0.0551. The van der Waals surface area contributed by atoms with E-state index in [9.17, 15) is 18.0 Å². The van der Waals surface area contributed by atoms with E-state index in [1.165, 1.54) is 10.7 Å². The van der Waals surface area contributed by atoms with E-state index in [-0.39, 0.29) is 12.3 Å². The molecule has 2 heterocycles. The topological polar surface area (TPSA) is 38.1 Å². The first-order valence-electron chi connectivity index (χ1n) is 8.78. The van der Waals surface area contributed by atoms with E-state index in [0.29, 0.717) is 17.1 Å². The van der Waals surface area contributed by atoms with Crippen LogP contribution in [-0.4, -0.2) is 33.7 Å². The summed E-state index contributed by atoms with van der Waals surface area (Å²) in [5.74, 6) is 0.0551. The summed E-state index contributed by atoms with van der Waals surface area (Å²) < 4.78 is 40.4. The number of carbonyl (C=O) groups excluding carboxylic acids is 1. The van der Waals surface area contributed by atoms with Gasteiger partial charge in [0.15, 0.2) is 0 Å². The van der Waals surface area contributed by atoms with Crippen LogP contribution in [0.2, 0.25) is 0 Å². The monoisotopic (exact) mass is 365 g/mol. The van der Waals surface area contributed by atoms with Crippen molar-refractivity contribution in [2.75, 3.05) is 13.1 Å². The first-order chi connectivity index (χ1) is 12.3. The summed E-state index contributed by atoms with van der Waals surface area (Å²) in [6, 6.07) is 5.07. The Bertz CT molecular complexity index is 805. The lowest BCUT2D eigenvalue weighted by molar-refractivity contribution is -0.137. The second kappa shape index (κ2) is 7.13. The lowest BCUT2D eigenvalue weighted by atomic mass is 10.1. The maximum absolute atomic E-state index is 13.0. The molecule has 1 aromatic carbocycles. The Morgan fingerprint density at radius 2 is 1.85 bits per heavy atom. The SMILES string of the molecule is Cc1nn(-c2cccc(C(F)(F)F)c2)c(C)c1CC(=O)N1CCCCC1. The molecule has 1 aromatic heterocycles. The van der Waals surface area contributed by atoms with Gasteiger partial charge in [-0.3, -0.25) is 4.79 Å². The molecule has 7 heteroatoms. The number of aromatic nitrogens is 2. The predicted octanol–water partition coefficient (Wildman–Crippen LogP) is 4.06. The molecule has 1 saturated heterocycles.